The monoisotopic (exact) mass is 356 g/mol. The van der Waals surface area contributed by atoms with E-state index in [9.17, 15) is 8.42 Å². The number of halogens is 2. The molecule has 0 unspecified atom stereocenters. The molecule has 0 spiro atoms. The molecule has 0 fully saturated rings. The molecule has 0 saturated heterocycles. The Labute approximate surface area is 139 Å². The van der Waals surface area contributed by atoms with Gasteiger partial charge in [0.1, 0.15) is 0 Å². The normalized spacial score (nSPS) is 12.2. The number of hydrogen-bond donors (Lipinski definition) is 1. The first-order valence-corrected chi connectivity index (χ1v) is 8.76. The number of hydrogen-bond acceptors (Lipinski definition) is 3. The van der Waals surface area contributed by atoms with Crippen LogP contribution in [-0.4, -0.2) is 14.1 Å². The van der Waals surface area contributed by atoms with E-state index in [0.29, 0.717) is 22.2 Å². The van der Waals surface area contributed by atoms with E-state index in [2.05, 4.69) is 9.93 Å². The van der Waals surface area contributed by atoms with Crippen LogP contribution in [0.4, 0.5) is 0 Å². The highest BCUT2D eigenvalue weighted by Crippen LogP contribution is 2.15. The number of hydrazone groups is 1. The highest BCUT2D eigenvalue weighted by molar-refractivity contribution is 7.89. The van der Waals surface area contributed by atoms with Gasteiger partial charge in [-0.25, -0.2) is 0 Å². The van der Waals surface area contributed by atoms with Crippen molar-refractivity contribution in [3.05, 3.63) is 64.1 Å². The number of benzene rings is 2. The Balaban J connectivity index is 2.26. The molecule has 4 nitrogen and oxygen atoms in total. The topological polar surface area (TPSA) is 58.5 Å². The van der Waals surface area contributed by atoms with Crippen molar-refractivity contribution < 1.29 is 8.42 Å². The third kappa shape index (κ3) is 4.22. The summed E-state index contributed by atoms with van der Waals surface area (Å²) in [6.07, 6.45) is 0.559. The third-order valence-corrected chi connectivity index (χ3v) is 4.63. The molecule has 2 rings (SSSR count). The summed E-state index contributed by atoms with van der Waals surface area (Å²) in [6.45, 7) is 1.89. The number of sulfonamides is 1. The third-order valence-electron chi connectivity index (χ3n) is 2.92. The van der Waals surface area contributed by atoms with Crippen molar-refractivity contribution in [1.29, 1.82) is 0 Å². The zero-order valence-electron chi connectivity index (χ0n) is 11.8. The van der Waals surface area contributed by atoms with Gasteiger partial charge in [0.05, 0.1) is 10.6 Å². The fourth-order valence-electron chi connectivity index (χ4n) is 1.80. The lowest BCUT2D eigenvalue weighted by Crippen LogP contribution is -2.20. The molecule has 0 radical (unpaired) electrons. The Morgan fingerprint density at radius 3 is 2.36 bits per heavy atom. The minimum atomic E-state index is -3.73. The maximum Gasteiger partial charge on any atom is 0.276 e. The van der Waals surface area contributed by atoms with E-state index < -0.39 is 10.0 Å². The van der Waals surface area contributed by atoms with Crippen LogP contribution in [0.25, 0.3) is 0 Å². The molecule has 7 heteroatoms. The molecule has 0 atom stereocenters. The average molecular weight is 357 g/mol. The maximum atomic E-state index is 12.2. The van der Waals surface area contributed by atoms with Crippen LogP contribution < -0.4 is 4.83 Å². The summed E-state index contributed by atoms with van der Waals surface area (Å²) < 4.78 is 24.3. The van der Waals surface area contributed by atoms with E-state index in [-0.39, 0.29) is 4.90 Å². The Kier molecular flexibility index (Phi) is 5.45. The van der Waals surface area contributed by atoms with E-state index in [1.165, 1.54) is 24.3 Å². The van der Waals surface area contributed by atoms with Crippen LogP contribution in [0.15, 0.2) is 58.5 Å². The van der Waals surface area contributed by atoms with Gasteiger partial charge >= 0.3 is 0 Å². The highest BCUT2D eigenvalue weighted by Gasteiger charge is 2.13. The second-order valence-corrected chi connectivity index (χ2v) is 7.00. The van der Waals surface area contributed by atoms with E-state index in [1.54, 1.807) is 18.2 Å². The van der Waals surface area contributed by atoms with Crippen molar-refractivity contribution in [2.24, 2.45) is 5.10 Å². The van der Waals surface area contributed by atoms with Gasteiger partial charge in [-0.3, -0.25) is 0 Å². The maximum absolute atomic E-state index is 12.2. The van der Waals surface area contributed by atoms with Crippen LogP contribution in [0.5, 0.6) is 0 Å². The van der Waals surface area contributed by atoms with Crippen molar-refractivity contribution >= 4 is 38.9 Å². The lowest BCUT2D eigenvalue weighted by molar-refractivity contribution is 0.584. The van der Waals surface area contributed by atoms with E-state index >= 15 is 0 Å². The van der Waals surface area contributed by atoms with Gasteiger partial charge in [0.2, 0.25) is 0 Å². The molecule has 0 saturated carbocycles. The minimum absolute atomic E-state index is 0.0993. The second kappa shape index (κ2) is 7.13. The summed E-state index contributed by atoms with van der Waals surface area (Å²) in [5, 5.41) is 5.05. The summed E-state index contributed by atoms with van der Waals surface area (Å²) in [4.78, 5) is 2.34. The van der Waals surface area contributed by atoms with Gasteiger partial charge in [0, 0.05) is 10.0 Å². The number of nitrogens with one attached hydrogen (secondary N) is 1. The summed E-state index contributed by atoms with van der Waals surface area (Å²) >= 11 is 11.7. The first-order valence-electron chi connectivity index (χ1n) is 6.52. The summed E-state index contributed by atoms with van der Waals surface area (Å²) in [6, 6.07) is 13.0. The molecule has 1 N–H and O–H groups in total. The van der Waals surface area contributed by atoms with Crippen LogP contribution in [0.2, 0.25) is 10.0 Å². The Bertz CT molecular complexity index is 787. The largest absolute Gasteiger partial charge is 0.276 e. The molecule has 0 aliphatic carbocycles. The molecule has 0 aliphatic heterocycles. The van der Waals surface area contributed by atoms with Gasteiger partial charge in [0.15, 0.2) is 0 Å². The van der Waals surface area contributed by atoms with Crippen molar-refractivity contribution in [3.8, 4) is 0 Å². The summed E-state index contributed by atoms with van der Waals surface area (Å²) in [5.41, 5.74) is 1.37. The fourth-order valence-corrected chi connectivity index (χ4v) is 2.94. The predicted octanol–water partition coefficient (Wildman–Crippen LogP) is 4.09. The molecule has 0 aliphatic rings. The highest BCUT2D eigenvalue weighted by atomic mass is 35.5. The quantitative estimate of drug-likeness (QED) is 0.647. The smallest absolute Gasteiger partial charge is 0.200 e. The summed E-state index contributed by atoms with van der Waals surface area (Å²) in [5.74, 6) is 0. The molecule has 0 aromatic heterocycles. The SMILES string of the molecule is CC/C(=N/NS(=O)(=O)c1ccc(Cl)cc1)c1cccc(Cl)c1. The van der Waals surface area contributed by atoms with E-state index in [4.69, 9.17) is 23.2 Å². The molecule has 22 heavy (non-hydrogen) atoms. The van der Waals surface area contributed by atoms with Crippen molar-refractivity contribution in [2.45, 2.75) is 18.2 Å². The van der Waals surface area contributed by atoms with Crippen LogP contribution in [0.1, 0.15) is 18.9 Å². The Morgan fingerprint density at radius 2 is 1.77 bits per heavy atom. The molecule has 2 aromatic carbocycles. The summed E-state index contributed by atoms with van der Waals surface area (Å²) in [7, 11) is -3.73. The van der Waals surface area contributed by atoms with Crippen LogP contribution in [0.3, 0.4) is 0 Å². The number of nitrogens with zero attached hydrogens (tertiary/aromatic N) is 1. The zero-order valence-corrected chi connectivity index (χ0v) is 14.1. The van der Waals surface area contributed by atoms with Gasteiger partial charge in [-0.2, -0.15) is 18.4 Å². The van der Waals surface area contributed by atoms with Crippen molar-refractivity contribution in [3.63, 3.8) is 0 Å². The molecular weight excluding hydrogens is 343 g/mol. The van der Waals surface area contributed by atoms with Crippen LogP contribution >= 0.6 is 23.2 Å². The second-order valence-electron chi connectivity index (χ2n) is 4.47. The Morgan fingerprint density at radius 1 is 1.09 bits per heavy atom. The minimum Gasteiger partial charge on any atom is -0.200 e. The molecular formula is C15H14Cl2N2O2S. The lowest BCUT2D eigenvalue weighted by atomic mass is 10.1. The molecule has 116 valence electrons. The first kappa shape index (κ1) is 16.8. The first-order chi connectivity index (χ1) is 10.4. The van der Waals surface area contributed by atoms with Crippen molar-refractivity contribution in [2.75, 3.05) is 0 Å². The van der Waals surface area contributed by atoms with Crippen molar-refractivity contribution in [1.82, 2.24) is 4.83 Å². The number of rotatable bonds is 5. The van der Waals surface area contributed by atoms with Gasteiger partial charge in [-0.05, 0) is 48.4 Å². The fraction of sp³-hybridized carbons (Fsp3) is 0.133. The van der Waals surface area contributed by atoms with Gasteiger partial charge in [0.25, 0.3) is 10.0 Å². The van der Waals surface area contributed by atoms with Gasteiger partial charge < -0.3 is 0 Å². The predicted molar refractivity (Wildman–Crippen MR) is 90.1 cm³/mol. The molecule has 0 heterocycles. The molecule has 0 bridgehead atoms. The molecule has 0 amide bonds. The van der Waals surface area contributed by atoms with E-state index in [1.807, 2.05) is 13.0 Å². The van der Waals surface area contributed by atoms with Gasteiger partial charge in [-0.15, -0.1) is 0 Å². The Hall–Kier alpha value is -1.56. The van der Waals surface area contributed by atoms with Crippen LogP contribution in [0, 0.1) is 0 Å². The lowest BCUT2D eigenvalue weighted by Gasteiger charge is -2.07. The standard InChI is InChI=1S/C15H14Cl2N2O2S/c1-2-15(11-4-3-5-13(17)10-11)18-19-22(20,21)14-8-6-12(16)7-9-14/h3-10,19H,2H2,1H3/b18-15-. The molecule has 2 aromatic rings. The van der Waals surface area contributed by atoms with Crippen LogP contribution in [-0.2, 0) is 10.0 Å². The average Bonchev–Trinajstić information content (AvgIpc) is 2.48. The van der Waals surface area contributed by atoms with Gasteiger partial charge in [-0.1, -0.05) is 42.3 Å². The van der Waals surface area contributed by atoms with E-state index in [0.717, 1.165) is 5.56 Å². The zero-order chi connectivity index (χ0) is 16.2.